The molecule has 1 aromatic carbocycles. The lowest BCUT2D eigenvalue weighted by atomic mass is 10.1. The highest BCUT2D eigenvalue weighted by Gasteiger charge is 2.42. The predicted molar refractivity (Wildman–Crippen MR) is 106 cm³/mol. The van der Waals surface area contributed by atoms with E-state index >= 15 is 0 Å². The van der Waals surface area contributed by atoms with Crippen LogP contribution in [0.25, 0.3) is 10.9 Å². The number of morpholine rings is 1. The first kappa shape index (κ1) is 22.0. The van der Waals surface area contributed by atoms with Crippen LogP contribution in [0.4, 0.5) is 5.69 Å². The number of carbonyl (C=O) groups is 4. The smallest absolute Gasteiger partial charge is 0.348 e. The summed E-state index contributed by atoms with van der Waals surface area (Å²) in [4.78, 5) is 63.3. The minimum Gasteiger partial charge on any atom is -0.478 e. The summed E-state index contributed by atoms with van der Waals surface area (Å²) in [7, 11) is 1.23. The molecule has 1 aliphatic rings. The molecule has 0 bridgehead atoms. The number of carboxylic acid groups (broad SMARTS) is 1. The highest BCUT2D eigenvalue weighted by atomic mass is 16.6. The number of H-pyrrole nitrogens is 1. The number of pyridine rings is 1. The second-order valence-corrected chi connectivity index (χ2v) is 6.80. The van der Waals surface area contributed by atoms with Gasteiger partial charge in [-0.25, -0.2) is 4.79 Å². The fraction of sp³-hybridized carbons (Fsp3) is 0.350. The van der Waals surface area contributed by atoms with Gasteiger partial charge in [-0.1, -0.05) is 6.07 Å². The molecule has 2 aromatic rings. The molecule has 2 N–H and O–H groups in total. The first-order valence-electron chi connectivity index (χ1n) is 9.27. The first-order chi connectivity index (χ1) is 14.7. The van der Waals surface area contributed by atoms with Crippen LogP contribution in [0.2, 0.25) is 0 Å². The number of amides is 1. The van der Waals surface area contributed by atoms with E-state index in [1.165, 1.54) is 12.0 Å². The van der Waals surface area contributed by atoms with Gasteiger partial charge in [0.1, 0.15) is 0 Å². The van der Waals surface area contributed by atoms with Gasteiger partial charge in [0.25, 0.3) is 11.5 Å². The lowest BCUT2D eigenvalue weighted by Crippen LogP contribution is -2.55. The maximum Gasteiger partial charge on any atom is 0.348 e. The summed E-state index contributed by atoms with van der Waals surface area (Å²) in [5.74, 6) is -3.60. The summed E-state index contributed by atoms with van der Waals surface area (Å²) in [5, 5.41) is 9.95. The van der Waals surface area contributed by atoms with Crippen LogP contribution in [-0.2, 0) is 39.8 Å². The van der Waals surface area contributed by atoms with Gasteiger partial charge in [0.05, 0.1) is 25.7 Å². The summed E-state index contributed by atoms with van der Waals surface area (Å²) in [6, 6.07) is 6.38. The second-order valence-electron chi connectivity index (χ2n) is 6.80. The molecule has 2 heterocycles. The number of esters is 2. The van der Waals surface area contributed by atoms with Crippen molar-refractivity contribution in [3.8, 4) is 0 Å². The molecule has 1 aliphatic heterocycles. The Bertz CT molecular complexity index is 1110. The van der Waals surface area contributed by atoms with Crippen LogP contribution in [0.3, 0.4) is 0 Å². The van der Waals surface area contributed by atoms with E-state index in [9.17, 15) is 29.1 Å². The molecule has 0 spiro atoms. The van der Waals surface area contributed by atoms with Crippen LogP contribution < -0.4 is 10.5 Å². The van der Waals surface area contributed by atoms with Crippen LogP contribution in [-0.4, -0.2) is 66.4 Å². The Morgan fingerprint density at radius 1 is 1.29 bits per heavy atom. The Hall–Kier alpha value is -3.73. The van der Waals surface area contributed by atoms with E-state index in [0.717, 1.165) is 6.92 Å². The first-order valence-corrected chi connectivity index (χ1v) is 9.27. The fourth-order valence-electron chi connectivity index (χ4n) is 3.26. The van der Waals surface area contributed by atoms with E-state index < -0.39 is 41.6 Å². The number of ether oxygens (including phenoxy) is 3. The molecule has 3 rings (SSSR count). The number of nitrogens with one attached hydrogen (secondary N) is 1. The van der Waals surface area contributed by atoms with Crippen molar-refractivity contribution in [2.75, 3.05) is 25.2 Å². The lowest BCUT2D eigenvalue weighted by molar-refractivity contribution is -0.177. The Morgan fingerprint density at radius 2 is 2.03 bits per heavy atom. The zero-order valence-corrected chi connectivity index (χ0v) is 16.7. The van der Waals surface area contributed by atoms with Crippen molar-refractivity contribution in [3.05, 3.63) is 40.2 Å². The minimum absolute atomic E-state index is 0.0219. The van der Waals surface area contributed by atoms with Gasteiger partial charge < -0.3 is 29.2 Å². The summed E-state index contributed by atoms with van der Waals surface area (Å²) in [5.41, 5.74) is 0.582. The lowest BCUT2D eigenvalue weighted by Gasteiger charge is -2.34. The molecule has 164 valence electrons. The number of benzene rings is 1. The van der Waals surface area contributed by atoms with E-state index in [0.29, 0.717) is 16.6 Å². The summed E-state index contributed by atoms with van der Waals surface area (Å²) in [6.07, 6.45) is -3.47. The molecule has 31 heavy (non-hydrogen) atoms. The Kier molecular flexibility index (Phi) is 6.35. The van der Waals surface area contributed by atoms with Gasteiger partial charge >= 0.3 is 17.9 Å². The van der Waals surface area contributed by atoms with Gasteiger partial charge in [-0.05, 0) is 23.6 Å². The number of aliphatic carboxylic acids is 1. The number of aromatic nitrogens is 1. The van der Waals surface area contributed by atoms with Crippen molar-refractivity contribution in [2.24, 2.45) is 0 Å². The van der Waals surface area contributed by atoms with Crippen molar-refractivity contribution >= 4 is 40.4 Å². The van der Waals surface area contributed by atoms with Crippen molar-refractivity contribution < 1.29 is 38.5 Å². The Labute approximate surface area is 175 Å². The average molecular weight is 432 g/mol. The van der Waals surface area contributed by atoms with Crippen LogP contribution in [0.15, 0.2) is 29.1 Å². The van der Waals surface area contributed by atoms with E-state index in [4.69, 9.17) is 9.47 Å². The van der Waals surface area contributed by atoms with Gasteiger partial charge in [0.15, 0.2) is 6.10 Å². The van der Waals surface area contributed by atoms with Gasteiger partial charge in [0.2, 0.25) is 6.10 Å². The SMILES string of the molecule is COC(=O)Cc1cc2ccc(N3CCO[C@H]([C@@H](OC(C)=O)C(=O)O)C3=O)cc2[nH]c1=O. The zero-order chi connectivity index (χ0) is 22.7. The molecule has 1 amide bonds. The van der Waals surface area contributed by atoms with Crippen molar-refractivity contribution in [3.63, 3.8) is 0 Å². The summed E-state index contributed by atoms with van der Waals surface area (Å²) >= 11 is 0. The molecule has 1 saturated heterocycles. The van der Waals surface area contributed by atoms with Crippen LogP contribution in [0.5, 0.6) is 0 Å². The quantitative estimate of drug-likeness (QED) is 0.600. The molecule has 11 heteroatoms. The largest absolute Gasteiger partial charge is 0.478 e. The number of fused-ring (bicyclic) bond motifs is 1. The summed E-state index contributed by atoms with van der Waals surface area (Å²) in [6.45, 7) is 1.20. The topological polar surface area (TPSA) is 152 Å². The third-order valence-corrected chi connectivity index (χ3v) is 4.71. The van der Waals surface area contributed by atoms with Gasteiger partial charge in [0, 0.05) is 24.7 Å². The molecule has 11 nitrogen and oxygen atoms in total. The summed E-state index contributed by atoms with van der Waals surface area (Å²) < 4.78 is 14.6. The zero-order valence-electron chi connectivity index (χ0n) is 16.7. The number of carbonyl (C=O) groups excluding carboxylic acids is 3. The third-order valence-electron chi connectivity index (χ3n) is 4.71. The fourth-order valence-corrected chi connectivity index (χ4v) is 3.26. The number of carboxylic acids is 1. The van der Waals surface area contributed by atoms with Crippen LogP contribution >= 0.6 is 0 Å². The number of hydrogen-bond donors (Lipinski definition) is 2. The van der Waals surface area contributed by atoms with Crippen LogP contribution in [0.1, 0.15) is 12.5 Å². The number of nitrogens with zero attached hydrogens (tertiary/aromatic N) is 1. The van der Waals surface area contributed by atoms with E-state index in [2.05, 4.69) is 9.72 Å². The number of hydrogen-bond acceptors (Lipinski definition) is 8. The van der Waals surface area contributed by atoms with Crippen LogP contribution in [0, 0.1) is 0 Å². The third kappa shape index (κ3) is 4.72. The number of methoxy groups -OCH3 is 1. The maximum atomic E-state index is 12.9. The van der Waals surface area contributed by atoms with Crippen molar-refractivity contribution in [2.45, 2.75) is 25.6 Å². The van der Waals surface area contributed by atoms with Gasteiger partial charge in [-0.15, -0.1) is 0 Å². The molecule has 0 saturated carbocycles. The van der Waals surface area contributed by atoms with E-state index in [1.807, 2.05) is 0 Å². The monoisotopic (exact) mass is 432 g/mol. The molecular weight excluding hydrogens is 412 g/mol. The van der Waals surface area contributed by atoms with Gasteiger partial charge in [-0.2, -0.15) is 0 Å². The van der Waals surface area contributed by atoms with Crippen molar-refractivity contribution in [1.29, 1.82) is 0 Å². The number of anilines is 1. The standard InChI is InChI=1S/C20H20N2O9/c1-10(23)31-17(20(27)28)16-19(26)22(5-6-30-16)13-4-3-11-7-12(8-15(24)29-2)18(25)21-14(11)9-13/h3-4,7,9,16-17H,5-6,8H2,1-2H3,(H,21,25)(H,27,28)/t16-,17-/m1/s1. The molecular formula is C20H20N2O9. The highest BCUT2D eigenvalue weighted by molar-refractivity contribution is 6.01. The molecule has 0 aliphatic carbocycles. The minimum atomic E-state index is -1.78. The molecule has 0 radical (unpaired) electrons. The molecule has 0 unspecified atom stereocenters. The Morgan fingerprint density at radius 3 is 2.68 bits per heavy atom. The average Bonchev–Trinajstić information content (AvgIpc) is 2.72. The molecule has 1 fully saturated rings. The number of aromatic amines is 1. The van der Waals surface area contributed by atoms with E-state index in [-0.39, 0.29) is 25.1 Å². The normalized spacial score (nSPS) is 17.3. The highest BCUT2D eigenvalue weighted by Crippen LogP contribution is 2.25. The molecule has 1 aromatic heterocycles. The number of rotatable bonds is 6. The maximum absolute atomic E-state index is 12.9. The van der Waals surface area contributed by atoms with Crippen molar-refractivity contribution in [1.82, 2.24) is 4.98 Å². The predicted octanol–water partition coefficient (Wildman–Crippen LogP) is -0.00830. The Balaban J connectivity index is 1.91. The van der Waals surface area contributed by atoms with E-state index in [1.54, 1.807) is 24.3 Å². The second kappa shape index (κ2) is 8.96. The molecule has 2 atom stereocenters. The van der Waals surface area contributed by atoms with Gasteiger partial charge in [-0.3, -0.25) is 19.2 Å².